The average Bonchev–Trinajstić information content (AvgIpc) is 2.76. The Morgan fingerprint density at radius 1 is 0.931 bits per heavy atom. The lowest BCUT2D eigenvalue weighted by Gasteiger charge is -2.12. The van der Waals surface area contributed by atoms with E-state index in [1.807, 2.05) is 61.5 Å². The van der Waals surface area contributed by atoms with Gasteiger partial charge in [-0.1, -0.05) is 30.3 Å². The van der Waals surface area contributed by atoms with Crippen LogP contribution in [0, 0.1) is 0 Å². The smallest absolute Gasteiger partial charge is 0.274 e. The Morgan fingerprint density at radius 2 is 1.76 bits per heavy atom. The van der Waals surface area contributed by atoms with E-state index >= 15 is 0 Å². The van der Waals surface area contributed by atoms with Crippen molar-refractivity contribution in [2.45, 2.75) is 6.92 Å². The molecule has 0 spiro atoms. The topological polar surface area (TPSA) is 89.0 Å². The number of aromatic nitrogens is 3. The highest BCUT2D eigenvalue weighted by Crippen LogP contribution is 2.26. The minimum absolute atomic E-state index is 0.240. The zero-order valence-corrected chi connectivity index (χ0v) is 15.8. The van der Waals surface area contributed by atoms with Crippen LogP contribution in [-0.2, 0) is 0 Å². The van der Waals surface area contributed by atoms with Crippen LogP contribution in [0.1, 0.15) is 17.4 Å². The minimum atomic E-state index is -0.341. The quantitative estimate of drug-likeness (QED) is 0.511. The van der Waals surface area contributed by atoms with Crippen LogP contribution >= 0.6 is 0 Å². The summed E-state index contributed by atoms with van der Waals surface area (Å²) in [5, 5.41) is 6.93. The van der Waals surface area contributed by atoms with Gasteiger partial charge in [-0.3, -0.25) is 9.78 Å². The molecule has 0 saturated heterocycles. The van der Waals surface area contributed by atoms with E-state index in [1.165, 1.54) is 6.20 Å². The Balaban J connectivity index is 1.56. The Hall–Kier alpha value is -4.00. The maximum atomic E-state index is 12.8. The third-order valence-electron chi connectivity index (χ3n) is 4.20. The molecule has 0 aliphatic carbocycles. The van der Waals surface area contributed by atoms with Crippen molar-refractivity contribution in [1.82, 2.24) is 15.0 Å². The molecule has 2 heterocycles. The number of ether oxygens (including phenoxy) is 1. The monoisotopic (exact) mass is 385 g/mol. The highest BCUT2D eigenvalue weighted by atomic mass is 16.5. The number of rotatable bonds is 6. The van der Waals surface area contributed by atoms with Crippen LogP contribution in [0.25, 0.3) is 10.9 Å². The predicted molar refractivity (Wildman–Crippen MR) is 113 cm³/mol. The fourth-order valence-corrected chi connectivity index (χ4v) is 2.91. The SMILES string of the molecule is CCOc1ccccc1Nc1nccc(C(=O)Nc2cccc3cccnc23)n1. The van der Waals surface area contributed by atoms with Crippen LogP contribution in [-0.4, -0.2) is 27.5 Å². The number of amides is 1. The summed E-state index contributed by atoms with van der Waals surface area (Å²) < 4.78 is 5.60. The van der Waals surface area contributed by atoms with E-state index in [0.717, 1.165) is 16.6 Å². The van der Waals surface area contributed by atoms with E-state index in [1.54, 1.807) is 12.3 Å². The van der Waals surface area contributed by atoms with Gasteiger partial charge in [0, 0.05) is 17.8 Å². The van der Waals surface area contributed by atoms with Gasteiger partial charge in [0.15, 0.2) is 0 Å². The minimum Gasteiger partial charge on any atom is -0.492 e. The van der Waals surface area contributed by atoms with Crippen molar-refractivity contribution in [2.24, 2.45) is 0 Å². The lowest BCUT2D eigenvalue weighted by Crippen LogP contribution is -2.15. The van der Waals surface area contributed by atoms with Crippen LogP contribution in [0.5, 0.6) is 5.75 Å². The van der Waals surface area contributed by atoms with Crippen LogP contribution in [0.4, 0.5) is 17.3 Å². The van der Waals surface area contributed by atoms with Gasteiger partial charge in [-0.05, 0) is 37.3 Å². The molecular formula is C22H19N5O2. The van der Waals surface area contributed by atoms with Gasteiger partial charge in [-0.2, -0.15) is 0 Å². The molecule has 0 unspecified atom stereocenters. The molecule has 1 amide bonds. The summed E-state index contributed by atoms with van der Waals surface area (Å²) in [5.74, 6) is 0.655. The summed E-state index contributed by atoms with van der Waals surface area (Å²) in [4.78, 5) is 25.6. The number of carbonyl (C=O) groups is 1. The fraction of sp³-hybridized carbons (Fsp3) is 0.0909. The second-order valence-corrected chi connectivity index (χ2v) is 6.15. The van der Waals surface area contributed by atoms with Crippen molar-refractivity contribution in [3.05, 3.63) is 78.8 Å². The maximum absolute atomic E-state index is 12.8. The van der Waals surface area contributed by atoms with Crippen molar-refractivity contribution in [1.29, 1.82) is 0 Å². The molecule has 0 radical (unpaired) electrons. The number of anilines is 3. The molecule has 0 fully saturated rings. The largest absolute Gasteiger partial charge is 0.492 e. The lowest BCUT2D eigenvalue weighted by atomic mass is 10.2. The highest BCUT2D eigenvalue weighted by molar-refractivity contribution is 6.07. The van der Waals surface area contributed by atoms with Crippen molar-refractivity contribution in [2.75, 3.05) is 17.2 Å². The molecule has 7 heteroatoms. The molecule has 0 atom stereocenters. The molecule has 2 aromatic heterocycles. The zero-order valence-electron chi connectivity index (χ0n) is 15.8. The first kappa shape index (κ1) is 18.4. The summed E-state index contributed by atoms with van der Waals surface area (Å²) in [6, 6.07) is 18.5. The molecule has 2 aromatic carbocycles. The summed E-state index contributed by atoms with van der Waals surface area (Å²) in [6.45, 7) is 2.46. The van der Waals surface area contributed by atoms with Gasteiger partial charge in [0.25, 0.3) is 5.91 Å². The Kier molecular flexibility index (Phi) is 5.29. The normalized spacial score (nSPS) is 10.5. The van der Waals surface area contributed by atoms with Gasteiger partial charge < -0.3 is 15.4 Å². The molecule has 0 saturated carbocycles. The van der Waals surface area contributed by atoms with Crippen LogP contribution in [0.2, 0.25) is 0 Å². The van der Waals surface area contributed by atoms with Gasteiger partial charge >= 0.3 is 0 Å². The Morgan fingerprint density at radius 3 is 2.66 bits per heavy atom. The summed E-state index contributed by atoms with van der Waals surface area (Å²) in [6.07, 6.45) is 3.23. The number of pyridine rings is 1. The average molecular weight is 385 g/mol. The van der Waals surface area contributed by atoms with Crippen molar-refractivity contribution >= 4 is 34.1 Å². The van der Waals surface area contributed by atoms with E-state index < -0.39 is 0 Å². The third-order valence-corrected chi connectivity index (χ3v) is 4.20. The molecule has 29 heavy (non-hydrogen) atoms. The van der Waals surface area contributed by atoms with Crippen molar-refractivity contribution < 1.29 is 9.53 Å². The first-order valence-corrected chi connectivity index (χ1v) is 9.21. The number of benzene rings is 2. The molecular weight excluding hydrogens is 366 g/mol. The van der Waals surface area contributed by atoms with Gasteiger partial charge in [-0.15, -0.1) is 0 Å². The molecule has 4 aromatic rings. The number of carbonyl (C=O) groups excluding carboxylic acids is 1. The van der Waals surface area contributed by atoms with Crippen molar-refractivity contribution in [3.63, 3.8) is 0 Å². The fourth-order valence-electron chi connectivity index (χ4n) is 2.91. The third kappa shape index (κ3) is 4.14. The second kappa shape index (κ2) is 8.35. The van der Waals surface area contributed by atoms with Crippen LogP contribution < -0.4 is 15.4 Å². The number of hydrogen-bond acceptors (Lipinski definition) is 6. The standard InChI is InChI=1S/C22H19N5O2/c1-2-29-19-11-4-3-9-16(19)26-22-24-14-12-18(27-22)21(28)25-17-10-5-7-15-8-6-13-23-20(15)17/h3-14H,2H2,1H3,(H,25,28)(H,24,26,27). The Labute approximate surface area is 167 Å². The predicted octanol–water partition coefficient (Wildman–Crippen LogP) is 4.42. The molecule has 4 rings (SSSR count). The zero-order chi connectivity index (χ0) is 20.1. The number of para-hydroxylation sites is 3. The summed E-state index contributed by atoms with van der Waals surface area (Å²) >= 11 is 0. The summed E-state index contributed by atoms with van der Waals surface area (Å²) in [5.41, 5.74) is 2.32. The number of fused-ring (bicyclic) bond motifs is 1. The Bertz CT molecular complexity index is 1160. The van der Waals surface area contributed by atoms with Gasteiger partial charge in [0.1, 0.15) is 11.4 Å². The van der Waals surface area contributed by atoms with Gasteiger partial charge in [0.05, 0.1) is 23.5 Å². The molecule has 144 valence electrons. The second-order valence-electron chi connectivity index (χ2n) is 6.15. The molecule has 0 aliphatic rings. The molecule has 0 aliphatic heterocycles. The number of nitrogens with zero attached hydrogens (tertiary/aromatic N) is 3. The van der Waals surface area contributed by atoms with E-state index in [0.29, 0.717) is 24.0 Å². The number of hydrogen-bond donors (Lipinski definition) is 2. The highest BCUT2D eigenvalue weighted by Gasteiger charge is 2.12. The molecule has 7 nitrogen and oxygen atoms in total. The first-order valence-electron chi connectivity index (χ1n) is 9.21. The molecule has 2 N–H and O–H groups in total. The van der Waals surface area contributed by atoms with E-state index in [4.69, 9.17) is 4.74 Å². The van der Waals surface area contributed by atoms with E-state index in [9.17, 15) is 4.79 Å². The van der Waals surface area contributed by atoms with Gasteiger partial charge in [-0.25, -0.2) is 9.97 Å². The van der Waals surface area contributed by atoms with E-state index in [2.05, 4.69) is 25.6 Å². The maximum Gasteiger partial charge on any atom is 0.274 e. The molecule has 0 bridgehead atoms. The first-order chi connectivity index (χ1) is 14.2. The van der Waals surface area contributed by atoms with E-state index in [-0.39, 0.29) is 11.6 Å². The van der Waals surface area contributed by atoms with Crippen LogP contribution in [0.15, 0.2) is 73.1 Å². The number of nitrogens with one attached hydrogen (secondary N) is 2. The summed E-state index contributed by atoms with van der Waals surface area (Å²) in [7, 11) is 0. The lowest BCUT2D eigenvalue weighted by molar-refractivity contribution is 0.102. The van der Waals surface area contributed by atoms with Crippen molar-refractivity contribution in [3.8, 4) is 5.75 Å². The van der Waals surface area contributed by atoms with Crippen LogP contribution in [0.3, 0.4) is 0 Å². The van der Waals surface area contributed by atoms with Gasteiger partial charge in [0.2, 0.25) is 5.95 Å².